The number of carbonyl (C=O) groups excluding carboxylic acids is 1. The van der Waals surface area contributed by atoms with Crippen LogP contribution in [0.4, 0.5) is 0 Å². The summed E-state index contributed by atoms with van der Waals surface area (Å²) >= 11 is 13.2. The molecule has 0 aliphatic rings. The number of rotatable bonds is 4. The first-order valence-corrected chi connectivity index (χ1v) is 7.16. The quantitative estimate of drug-likeness (QED) is 0.853. The Kier molecular flexibility index (Phi) is 5.46. The third kappa shape index (κ3) is 5.14. The van der Waals surface area contributed by atoms with E-state index in [1.54, 1.807) is 6.07 Å². The number of esters is 1. The number of halogens is 2. The molecule has 1 aromatic rings. The molecular formula is C12H17Cl2NO2S. The van der Waals surface area contributed by atoms with Crippen LogP contribution in [0, 0.1) is 0 Å². The molecule has 1 aromatic heterocycles. The maximum atomic E-state index is 11.5. The molecule has 0 fully saturated rings. The lowest BCUT2D eigenvalue weighted by atomic mass is 10.2. The van der Waals surface area contributed by atoms with Gasteiger partial charge in [-0.05, 0) is 39.3 Å². The van der Waals surface area contributed by atoms with Crippen LogP contribution < -0.4 is 5.32 Å². The molecule has 0 bridgehead atoms. The van der Waals surface area contributed by atoms with Crippen LogP contribution in [0.3, 0.4) is 0 Å². The first-order chi connectivity index (χ1) is 8.19. The summed E-state index contributed by atoms with van der Waals surface area (Å²) in [6, 6.07) is 1.76. The molecule has 0 amide bonds. The van der Waals surface area contributed by atoms with Crippen molar-refractivity contribution in [3.63, 3.8) is 0 Å². The Bertz CT molecular complexity index is 426. The van der Waals surface area contributed by atoms with Crippen LogP contribution in [0.2, 0.25) is 8.67 Å². The normalized spacial score (nSPS) is 13.4. The van der Waals surface area contributed by atoms with Crippen LogP contribution in [0.25, 0.3) is 0 Å². The monoisotopic (exact) mass is 309 g/mol. The minimum atomic E-state index is -0.467. The fourth-order valence-electron chi connectivity index (χ4n) is 1.37. The molecule has 0 aliphatic carbocycles. The third-order valence-electron chi connectivity index (χ3n) is 2.12. The number of hydrogen-bond donors (Lipinski definition) is 1. The SMILES string of the molecule is CC(NCC(=O)OC(C)(C)C)c1cc(Cl)sc1Cl. The van der Waals surface area contributed by atoms with E-state index in [0.29, 0.717) is 8.67 Å². The molecule has 1 rings (SSSR count). The molecule has 1 N–H and O–H groups in total. The summed E-state index contributed by atoms with van der Waals surface area (Å²) in [5.74, 6) is -0.285. The molecule has 102 valence electrons. The van der Waals surface area contributed by atoms with Gasteiger partial charge in [0.15, 0.2) is 0 Å². The van der Waals surface area contributed by atoms with Gasteiger partial charge in [0.05, 0.1) is 15.2 Å². The summed E-state index contributed by atoms with van der Waals surface area (Å²) in [6.07, 6.45) is 0. The minimum absolute atomic E-state index is 0.0474. The lowest BCUT2D eigenvalue weighted by molar-refractivity contribution is -0.153. The molecule has 6 heteroatoms. The summed E-state index contributed by atoms with van der Waals surface area (Å²) in [5, 5.41) is 3.06. The Morgan fingerprint density at radius 3 is 2.56 bits per heavy atom. The van der Waals surface area contributed by atoms with Crippen molar-refractivity contribution in [1.29, 1.82) is 0 Å². The van der Waals surface area contributed by atoms with Crippen molar-refractivity contribution < 1.29 is 9.53 Å². The van der Waals surface area contributed by atoms with E-state index in [1.807, 2.05) is 27.7 Å². The summed E-state index contributed by atoms with van der Waals surface area (Å²) in [7, 11) is 0. The van der Waals surface area contributed by atoms with E-state index < -0.39 is 5.60 Å². The molecule has 3 nitrogen and oxygen atoms in total. The first kappa shape index (κ1) is 15.8. The van der Waals surface area contributed by atoms with E-state index in [4.69, 9.17) is 27.9 Å². The highest BCUT2D eigenvalue weighted by Crippen LogP contribution is 2.34. The van der Waals surface area contributed by atoms with Gasteiger partial charge in [-0.15, -0.1) is 11.3 Å². The van der Waals surface area contributed by atoms with Crippen LogP contribution in [0.5, 0.6) is 0 Å². The Labute approximate surface area is 121 Å². The summed E-state index contributed by atoms with van der Waals surface area (Å²) < 4.78 is 6.48. The van der Waals surface area contributed by atoms with E-state index in [1.165, 1.54) is 11.3 Å². The number of nitrogens with one attached hydrogen (secondary N) is 1. The number of carbonyl (C=O) groups is 1. The van der Waals surface area contributed by atoms with Crippen molar-refractivity contribution in [2.75, 3.05) is 6.54 Å². The molecular weight excluding hydrogens is 293 g/mol. The lowest BCUT2D eigenvalue weighted by Crippen LogP contribution is -2.32. The topological polar surface area (TPSA) is 38.3 Å². The van der Waals surface area contributed by atoms with E-state index in [2.05, 4.69) is 5.32 Å². The van der Waals surface area contributed by atoms with Crippen molar-refractivity contribution in [3.8, 4) is 0 Å². The summed E-state index contributed by atoms with van der Waals surface area (Å²) in [5.41, 5.74) is 0.431. The van der Waals surface area contributed by atoms with Crippen LogP contribution in [0.15, 0.2) is 6.07 Å². The third-order valence-corrected chi connectivity index (χ3v) is 3.64. The van der Waals surface area contributed by atoms with Gasteiger partial charge in [-0.1, -0.05) is 23.2 Å². The van der Waals surface area contributed by atoms with Gasteiger partial charge >= 0.3 is 5.97 Å². The van der Waals surface area contributed by atoms with Gasteiger partial charge in [-0.3, -0.25) is 4.79 Å². The molecule has 0 saturated heterocycles. The molecule has 0 aromatic carbocycles. The zero-order valence-electron chi connectivity index (χ0n) is 10.8. The van der Waals surface area contributed by atoms with E-state index in [0.717, 1.165) is 5.56 Å². The fraction of sp³-hybridized carbons (Fsp3) is 0.583. The van der Waals surface area contributed by atoms with Crippen LogP contribution in [-0.4, -0.2) is 18.1 Å². The van der Waals surface area contributed by atoms with Gasteiger partial charge in [0.1, 0.15) is 5.60 Å². The van der Waals surface area contributed by atoms with Crippen molar-refractivity contribution >= 4 is 40.5 Å². The predicted octanol–water partition coefficient (Wildman–Crippen LogP) is 4.05. The Hall–Kier alpha value is -0.290. The highest BCUT2D eigenvalue weighted by molar-refractivity contribution is 7.20. The van der Waals surface area contributed by atoms with Gasteiger partial charge < -0.3 is 10.1 Å². The lowest BCUT2D eigenvalue weighted by Gasteiger charge is -2.20. The zero-order chi connectivity index (χ0) is 13.9. The zero-order valence-corrected chi connectivity index (χ0v) is 13.2. The molecule has 18 heavy (non-hydrogen) atoms. The molecule has 1 heterocycles. The minimum Gasteiger partial charge on any atom is -0.459 e. The Morgan fingerprint density at radius 2 is 2.11 bits per heavy atom. The smallest absolute Gasteiger partial charge is 0.320 e. The van der Waals surface area contributed by atoms with Gasteiger partial charge in [0, 0.05) is 6.04 Å². The highest BCUT2D eigenvalue weighted by atomic mass is 35.5. The maximum Gasteiger partial charge on any atom is 0.320 e. The molecule has 0 spiro atoms. The largest absolute Gasteiger partial charge is 0.459 e. The average molecular weight is 310 g/mol. The Morgan fingerprint density at radius 1 is 1.50 bits per heavy atom. The van der Waals surface area contributed by atoms with Gasteiger partial charge in [0.25, 0.3) is 0 Å². The van der Waals surface area contributed by atoms with Gasteiger partial charge in [0.2, 0.25) is 0 Å². The van der Waals surface area contributed by atoms with Crippen LogP contribution in [0.1, 0.15) is 39.3 Å². The van der Waals surface area contributed by atoms with Crippen LogP contribution >= 0.6 is 34.5 Å². The van der Waals surface area contributed by atoms with Crippen molar-refractivity contribution in [2.45, 2.75) is 39.3 Å². The number of thiophene rings is 1. The molecule has 1 unspecified atom stereocenters. The summed E-state index contributed by atoms with van der Waals surface area (Å²) in [4.78, 5) is 11.5. The summed E-state index contributed by atoms with van der Waals surface area (Å²) in [6.45, 7) is 7.58. The maximum absolute atomic E-state index is 11.5. The van der Waals surface area contributed by atoms with Crippen molar-refractivity contribution in [2.24, 2.45) is 0 Å². The average Bonchev–Trinajstić information content (AvgIpc) is 2.52. The van der Waals surface area contributed by atoms with Crippen molar-refractivity contribution in [1.82, 2.24) is 5.32 Å². The van der Waals surface area contributed by atoms with Crippen LogP contribution in [-0.2, 0) is 9.53 Å². The van der Waals surface area contributed by atoms with E-state index in [9.17, 15) is 4.79 Å². The van der Waals surface area contributed by atoms with E-state index in [-0.39, 0.29) is 18.6 Å². The molecule has 0 saturated carbocycles. The van der Waals surface area contributed by atoms with E-state index >= 15 is 0 Å². The van der Waals surface area contributed by atoms with Crippen molar-refractivity contribution in [3.05, 3.63) is 20.3 Å². The fourth-order valence-corrected chi connectivity index (χ4v) is 3.02. The number of ether oxygens (including phenoxy) is 1. The second kappa shape index (κ2) is 6.24. The molecule has 1 atom stereocenters. The van der Waals surface area contributed by atoms with Gasteiger partial charge in [-0.25, -0.2) is 0 Å². The Balaban J connectivity index is 2.49. The molecule has 0 aliphatic heterocycles. The first-order valence-electron chi connectivity index (χ1n) is 5.59. The highest BCUT2D eigenvalue weighted by Gasteiger charge is 2.18. The standard InChI is InChI=1S/C12H17Cl2NO2S/c1-7(8-5-9(13)18-11(8)14)15-6-10(16)17-12(2,3)4/h5,7,15H,6H2,1-4H3. The second-order valence-electron chi connectivity index (χ2n) is 4.97. The number of hydrogen-bond acceptors (Lipinski definition) is 4. The molecule has 0 radical (unpaired) electrons. The predicted molar refractivity (Wildman–Crippen MR) is 76.6 cm³/mol. The van der Waals surface area contributed by atoms with Gasteiger partial charge in [-0.2, -0.15) is 0 Å². The second-order valence-corrected chi connectivity index (χ2v) is 7.25.